The van der Waals surface area contributed by atoms with E-state index in [2.05, 4.69) is 0 Å². The first kappa shape index (κ1) is 23.8. The highest BCUT2D eigenvalue weighted by atomic mass is 16.5. The molecule has 0 spiro atoms. The lowest BCUT2D eigenvalue weighted by Crippen LogP contribution is -2.48. The summed E-state index contributed by atoms with van der Waals surface area (Å²) in [7, 11) is 0. The number of carboxylic acid groups (broad SMARTS) is 1. The van der Waals surface area contributed by atoms with Crippen LogP contribution in [-0.4, -0.2) is 47.3 Å². The molecule has 0 saturated heterocycles. The van der Waals surface area contributed by atoms with Gasteiger partial charge < -0.3 is 14.6 Å². The first-order valence-corrected chi connectivity index (χ1v) is 8.62. The third-order valence-corrected chi connectivity index (χ3v) is 4.43. The molecular weight excluding hydrogens is 344 g/mol. The molecule has 0 aromatic rings. The molecule has 0 aromatic heterocycles. The van der Waals surface area contributed by atoms with Crippen molar-refractivity contribution in [3.05, 3.63) is 0 Å². The molecule has 2 atom stereocenters. The minimum atomic E-state index is -1.95. The zero-order valence-corrected chi connectivity index (χ0v) is 16.0. The molecule has 8 nitrogen and oxygen atoms in total. The van der Waals surface area contributed by atoms with Crippen molar-refractivity contribution in [2.24, 2.45) is 11.3 Å². The molecule has 0 aliphatic heterocycles. The molecule has 0 bridgehead atoms. The van der Waals surface area contributed by atoms with Crippen LogP contribution in [0.4, 0.5) is 0 Å². The third-order valence-electron chi connectivity index (χ3n) is 4.43. The van der Waals surface area contributed by atoms with Crippen LogP contribution in [0, 0.1) is 11.3 Å². The SMILES string of the molecule is CCOC(=O)C(CC(=O)O)C(CCC(=O)OC(C)CC)(C(C)=O)C(C)=O. The van der Waals surface area contributed by atoms with Gasteiger partial charge in [-0.2, -0.15) is 0 Å². The highest BCUT2D eigenvalue weighted by molar-refractivity contribution is 6.09. The fourth-order valence-corrected chi connectivity index (χ4v) is 2.81. The summed E-state index contributed by atoms with van der Waals surface area (Å²) in [4.78, 5) is 60.2. The van der Waals surface area contributed by atoms with Gasteiger partial charge in [-0.05, 0) is 40.5 Å². The molecule has 148 valence electrons. The van der Waals surface area contributed by atoms with E-state index in [0.717, 1.165) is 13.8 Å². The van der Waals surface area contributed by atoms with E-state index in [-0.39, 0.29) is 25.6 Å². The Morgan fingerprint density at radius 1 is 1.04 bits per heavy atom. The van der Waals surface area contributed by atoms with Crippen LogP contribution in [0.25, 0.3) is 0 Å². The minimum Gasteiger partial charge on any atom is -0.481 e. The molecular formula is C18H28O8. The molecule has 0 heterocycles. The van der Waals surface area contributed by atoms with Crippen LogP contribution in [0.15, 0.2) is 0 Å². The number of ether oxygens (including phenoxy) is 2. The lowest BCUT2D eigenvalue weighted by molar-refractivity contribution is -0.165. The van der Waals surface area contributed by atoms with E-state index in [1.54, 1.807) is 6.92 Å². The lowest BCUT2D eigenvalue weighted by Gasteiger charge is -2.34. The van der Waals surface area contributed by atoms with Gasteiger partial charge in [-0.1, -0.05) is 6.92 Å². The van der Waals surface area contributed by atoms with Crippen LogP contribution in [0.5, 0.6) is 0 Å². The molecule has 8 heteroatoms. The Morgan fingerprint density at radius 2 is 1.58 bits per heavy atom. The fraction of sp³-hybridized carbons (Fsp3) is 0.722. The van der Waals surface area contributed by atoms with E-state index in [1.807, 2.05) is 6.92 Å². The van der Waals surface area contributed by atoms with E-state index in [0.29, 0.717) is 6.42 Å². The molecule has 0 aromatic carbocycles. The van der Waals surface area contributed by atoms with Crippen LogP contribution in [0.2, 0.25) is 0 Å². The first-order valence-electron chi connectivity index (χ1n) is 8.62. The Hall–Kier alpha value is -2.25. The van der Waals surface area contributed by atoms with Gasteiger partial charge in [-0.3, -0.25) is 24.0 Å². The second kappa shape index (κ2) is 10.7. The normalized spacial score (nSPS) is 13.4. The van der Waals surface area contributed by atoms with Gasteiger partial charge in [0.1, 0.15) is 17.0 Å². The van der Waals surface area contributed by atoms with E-state index < -0.39 is 47.2 Å². The zero-order valence-electron chi connectivity index (χ0n) is 16.0. The summed E-state index contributed by atoms with van der Waals surface area (Å²) in [6.45, 7) is 7.24. The van der Waals surface area contributed by atoms with Crippen molar-refractivity contribution >= 4 is 29.5 Å². The predicted octanol–water partition coefficient (Wildman–Crippen LogP) is 1.93. The molecule has 0 fully saturated rings. The maximum Gasteiger partial charge on any atom is 0.310 e. The standard InChI is InChI=1S/C18H28O8/c1-6-11(3)26-16(23)8-9-18(12(4)19,13(5)20)14(10-15(21)22)17(24)25-7-2/h11,14H,6-10H2,1-5H3,(H,21,22). The van der Waals surface area contributed by atoms with Crippen LogP contribution >= 0.6 is 0 Å². The largest absolute Gasteiger partial charge is 0.481 e. The molecule has 0 rings (SSSR count). The monoisotopic (exact) mass is 372 g/mol. The summed E-state index contributed by atoms with van der Waals surface area (Å²) in [5.41, 5.74) is -1.95. The van der Waals surface area contributed by atoms with Crippen molar-refractivity contribution in [3.8, 4) is 0 Å². The quantitative estimate of drug-likeness (QED) is 0.407. The molecule has 2 unspecified atom stereocenters. The van der Waals surface area contributed by atoms with Gasteiger partial charge in [-0.15, -0.1) is 0 Å². The molecule has 0 amide bonds. The van der Waals surface area contributed by atoms with E-state index in [4.69, 9.17) is 14.6 Å². The van der Waals surface area contributed by atoms with Crippen molar-refractivity contribution in [1.82, 2.24) is 0 Å². The second-order valence-corrected chi connectivity index (χ2v) is 6.19. The van der Waals surface area contributed by atoms with Crippen LogP contribution in [0.1, 0.15) is 60.3 Å². The number of hydrogen-bond acceptors (Lipinski definition) is 7. The molecule has 0 aliphatic rings. The first-order chi connectivity index (χ1) is 12.0. The predicted molar refractivity (Wildman–Crippen MR) is 91.2 cm³/mol. The summed E-state index contributed by atoms with van der Waals surface area (Å²) in [5, 5.41) is 9.13. The number of rotatable bonds is 12. The highest BCUT2D eigenvalue weighted by Crippen LogP contribution is 2.39. The van der Waals surface area contributed by atoms with Gasteiger partial charge in [-0.25, -0.2) is 0 Å². The van der Waals surface area contributed by atoms with Gasteiger partial charge in [0, 0.05) is 6.42 Å². The number of Topliss-reactive ketones (excluding diaryl/α,β-unsaturated/α-hetero) is 2. The highest BCUT2D eigenvalue weighted by Gasteiger charge is 2.52. The lowest BCUT2D eigenvalue weighted by atomic mass is 9.65. The Morgan fingerprint density at radius 3 is 1.96 bits per heavy atom. The summed E-state index contributed by atoms with van der Waals surface area (Å²) in [6, 6.07) is 0. The average Bonchev–Trinajstić information content (AvgIpc) is 2.53. The van der Waals surface area contributed by atoms with Gasteiger partial charge in [0.05, 0.1) is 25.0 Å². The Bertz CT molecular complexity index is 537. The summed E-state index contributed by atoms with van der Waals surface area (Å²) in [6.07, 6.45) is -1.09. The molecule has 0 radical (unpaired) electrons. The summed E-state index contributed by atoms with van der Waals surface area (Å²) < 4.78 is 10.0. The van der Waals surface area contributed by atoms with Crippen molar-refractivity contribution in [2.45, 2.75) is 66.4 Å². The Balaban J connectivity index is 5.79. The number of carbonyl (C=O) groups is 5. The van der Waals surface area contributed by atoms with Crippen LogP contribution < -0.4 is 0 Å². The number of carbonyl (C=O) groups excluding carboxylic acids is 4. The Kier molecular flexibility index (Phi) is 9.75. The molecule has 0 aliphatic carbocycles. The van der Waals surface area contributed by atoms with Crippen molar-refractivity contribution in [3.63, 3.8) is 0 Å². The summed E-state index contributed by atoms with van der Waals surface area (Å²) in [5.74, 6) is -5.79. The second-order valence-electron chi connectivity index (χ2n) is 6.19. The van der Waals surface area contributed by atoms with Crippen molar-refractivity contribution in [2.75, 3.05) is 6.61 Å². The number of ketones is 2. The van der Waals surface area contributed by atoms with Gasteiger partial charge in [0.15, 0.2) is 0 Å². The van der Waals surface area contributed by atoms with Crippen LogP contribution in [-0.2, 0) is 33.4 Å². The van der Waals surface area contributed by atoms with E-state index >= 15 is 0 Å². The maximum atomic E-state index is 12.4. The smallest absolute Gasteiger partial charge is 0.310 e. The number of hydrogen-bond donors (Lipinski definition) is 1. The van der Waals surface area contributed by atoms with E-state index in [9.17, 15) is 24.0 Å². The van der Waals surface area contributed by atoms with Gasteiger partial charge in [0.2, 0.25) is 0 Å². The van der Waals surface area contributed by atoms with Crippen molar-refractivity contribution in [1.29, 1.82) is 0 Å². The van der Waals surface area contributed by atoms with Crippen molar-refractivity contribution < 1.29 is 38.6 Å². The maximum absolute atomic E-state index is 12.4. The number of aliphatic carboxylic acids is 1. The summed E-state index contributed by atoms with van der Waals surface area (Å²) >= 11 is 0. The molecule has 0 saturated carbocycles. The Labute approximate surface area is 153 Å². The van der Waals surface area contributed by atoms with Gasteiger partial charge >= 0.3 is 17.9 Å². The van der Waals surface area contributed by atoms with E-state index in [1.165, 1.54) is 6.92 Å². The van der Waals surface area contributed by atoms with Gasteiger partial charge in [0.25, 0.3) is 0 Å². The molecule has 1 N–H and O–H groups in total. The number of carboxylic acids is 1. The fourth-order valence-electron chi connectivity index (χ4n) is 2.81. The van der Waals surface area contributed by atoms with Crippen LogP contribution in [0.3, 0.4) is 0 Å². The number of esters is 2. The zero-order chi connectivity index (χ0) is 20.5. The third kappa shape index (κ3) is 6.24. The average molecular weight is 372 g/mol. The minimum absolute atomic E-state index is 0.0309. The topological polar surface area (TPSA) is 124 Å². The molecule has 26 heavy (non-hydrogen) atoms.